The highest BCUT2D eigenvalue weighted by molar-refractivity contribution is 5.47. The van der Waals surface area contributed by atoms with Crippen LogP contribution in [-0.4, -0.2) is 6.61 Å². The number of benzene rings is 1. The molecule has 0 N–H and O–H groups in total. The van der Waals surface area contributed by atoms with Crippen LogP contribution in [0.2, 0.25) is 0 Å². The lowest BCUT2D eigenvalue weighted by Gasteiger charge is -2.05. The van der Waals surface area contributed by atoms with Gasteiger partial charge in [-0.1, -0.05) is 88.8 Å². The highest BCUT2D eigenvalue weighted by Crippen LogP contribution is 2.10. The quantitative estimate of drug-likeness (QED) is 0.425. The average Bonchev–Trinajstić information content (AvgIpc) is 2.50. The molecule has 0 radical (unpaired) electrons. The van der Waals surface area contributed by atoms with Gasteiger partial charge in [0.25, 0.3) is 0 Å². The first-order valence-corrected chi connectivity index (χ1v) is 8.16. The lowest BCUT2D eigenvalue weighted by molar-refractivity contribution is 0.116. The number of hydrogen-bond donors (Lipinski definition) is 0. The van der Waals surface area contributed by atoms with E-state index in [-0.39, 0.29) is 0 Å². The Morgan fingerprint density at radius 3 is 2.10 bits per heavy atom. The summed E-state index contributed by atoms with van der Waals surface area (Å²) in [6, 6.07) is 8.40. The Morgan fingerprint density at radius 1 is 0.900 bits per heavy atom. The number of hydrogen-bond acceptors (Lipinski definition) is 1. The molecule has 1 heteroatoms. The van der Waals surface area contributed by atoms with Gasteiger partial charge in [0.2, 0.25) is 0 Å². The molecule has 0 aromatic heterocycles. The summed E-state index contributed by atoms with van der Waals surface area (Å²) in [7, 11) is 0. The molecule has 0 aliphatic rings. The third-order valence-electron chi connectivity index (χ3n) is 3.63. The van der Waals surface area contributed by atoms with E-state index in [0.29, 0.717) is 0 Å². The van der Waals surface area contributed by atoms with Gasteiger partial charge in [-0.25, -0.2) is 0 Å². The fourth-order valence-electron chi connectivity index (χ4n) is 2.28. The van der Waals surface area contributed by atoms with E-state index >= 15 is 0 Å². The third kappa shape index (κ3) is 8.16. The molecule has 1 nitrogen and oxygen atoms in total. The maximum Gasteiger partial charge on any atom is 0.0716 e. The monoisotopic (exact) mass is 274 g/mol. The zero-order valence-corrected chi connectivity index (χ0v) is 13.1. The summed E-state index contributed by atoms with van der Waals surface area (Å²) in [5.74, 6) is 0. The molecule has 0 unspecified atom stereocenters. The molecule has 0 bridgehead atoms. The summed E-state index contributed by atoms with van der Waals surface area (Å²) < 4.78 is 5.71. The van der Waals surface area contributed by atoms with Crippen LogP contribution in [0.25, 0.3) is 6.08 Å². The smallest absolute Gasteiger partial charge is 0.0716 e. The first kappa shape index (κ1) is 17.0. The van der Waals surface area contributed by atoms with Gasteiger partial charge in [0.15, 0.2) is 0 Å². The third-order valence-corrected chi connectivity index (χ3v) is 3.63. The molecule has 0 aliphatic heterocycles. The lowest BCUT2D eigenvalue weighted by atomic mass is 10.1. The molecular weight excluding hydrogens is 244 g/mol. The first-order chi connectivity index (χ1) is 9.86. The van der Waals surface area contributed by atoms with Crippen LogP contribution >= 0.6 is 0 Å². The summed E-state index contributed by atoms with van der Waals surface area (Å²) >= 11 is 0. The highest BCUT2D eigenvalue weighted by atomic mass is 16.5. The molecule has 0 spiro atoms. The molecule has 112 valence electrons. The van der Waals surface area contributed by atoms with Gasteiger partial charge < -0.3 is 4.74 Å². The van der Waals surface area contributed by atoms with Crippen molar-refractivity contribution in [3.63, 3.8) is 0 Å². The zero-order chi connectivity index (χ0) is 14.5. The molecule has 1 aromatic carbocycles. The fourth-order valence-corrected chi connectivity index (χ4v) is 2.28. The highest BCUT2D eigenvalue weighted by Gasteiger charge is 1.95. The molecule has 20 heavy (non-hydrogen) atoms. The molecule has 0 atom stereocenters. The molecule has 0 fully saturated rings. The van der Waals surface area contributed by atoms with Crippen LogP contribution in [0.3, 0.4) is 0 Å². The van der Waals surface area contributed by atoms with Crippen LogP contribution in [0.5, 0.6) is 0 Å². The average molecular weight is 274 g/mol. The number of unbranched alkanes of at least 4 members (excludes halogenated alkanes) is 7. The van der Waals surface area contributed by atoms with Crippen molar-refractivity contribution in [2.45, 2.75) is 64.9 Å². The second kappa shape index (κ2) is 11.7. The van der Waals surface area contributed by atoms with E-state index in [0.717, 1.165) is 18.8 Å². The van der Waals surface area contributed by atoms with Crippen molar-refractivity contribution in [3.05, 3.63) is 42.0 Å². The van der Waals surface area contributed by atoms with Gasteiger partial charge in [-0.3, -0.25) is 0 Å². The van der Waals surface area contributed by atoms with Crippen molar-refractivity contribution >= 4 is 6.08 Å². The molecule has 0 aliphatic carbocycles. The Hall–Kier alpha value is -1.08. The van der Waals surface area contributed by atoms with Gasteiger partial charge in [-0.05, 0) is 17.5 Å². The van der Waals surface area contributed by atoms with Gasteiger partial charge in [-0.2, -0.15) is 0 Å². The van der Waals surface area contributed by atoms with Crippen LogP contribution < -0.4 is 0 Å². The van der Waals surface area contributed by atoms with E-state index in [1.165, 1.54) is 56.9 Å². The predicted molar refractivity (Wildman–Crippen MR) is 88.8 cm³/mol. The molecule has 0 saturated heterocycles. The Bertz CT molecular complexity index is 339. The minimum atomic E-state index is 0.730. The topological polar surface area (TPSA) is 9.23 Å². The van der Waals surface area contributed by atoms with E-state index in [1.54, 1.807) is 0 Å². The van der Waals surface area contributed by atoms with Crippen LogP contribution in [0.4, 0.5) is 0 Å². The lowest BCUT2D eigenvalue weighted by Crippen LogP contribution is -1.95. The van der Waals surface area contributed by atoms with E-state index in [4.69, 9.17) is 4.74 Å². The van der Waals surface area contributed by atoms with Gasteiger partial charge in [0.1, 0.15) is 0 Å². The molecular formula is C19H30O. The summed E-state index contributed by atoms with van der Waals surface area (Å²) in [6.07, 6.45) is 12.7. The molecule has 1 rings (SSSR count). The predicted octanol–water partition coefficient (Wildman–Crippen LogP) is 5.99. The largest absolute Gasteiger partial charge is 0.377 e. The van der Waals surface area contributed by atoms with Gasteiger partial charge >= 0.3 is 0 Å². The second-order valence-corrected chi connectivity index (χ2v) is 5.47. The first-order valence-electron chi connectivity index (χ1n) is 8.16. The fraction of sp³-hybridized carbons (Fsp3) is 0.579. The van der Waals surface area contributed by atoms with E-state index in [9.17, 15) is 0 Å². The zero-order valence-electron chi connectivity index (χ0n) is 13.1. The van der Waals surface area contributed by atoms with Crippen molar-refractivity contribution in [2.75, 3.05) is 6.61 Å². The van der Waals surface area contributed by atoms with Crippen LogP contribution in [0.15, 0.2) is 30.8 Å². The van der Waals surface area contributed by atoms with Gasteiger partial charge in [0.05, 0.1) is 6.61 Å². The summed E-state index contributed by atoms with van der Waals surface area (Å²) in [6.45, 7) is 7.64. The van der Waals surface area contributed by atoms with Gasteiger partial charge in [-0.15, -0.1) is 0 Å². The van der Waals surface area contributed by atoms with E-state index < -0.39 is 0 Å². The Labute approximate surface area is 125 Å². The Kier molecular flexibility index (Phi) is 9.95. The van der Waals surface area contributed by atoms with Gasteiger partial charge in [0, 0.05) is 6.61 Å². The van der Waals surface area contributed by atoms with Crippen molar-refractivity contribution in [1.82, 2.24) is 0 Å². The summed E-state index contributed by atoms with van der Waals surface area (Å²) in [5, 5.41) is 0. The maximum atomic E-state index is 5.71. The van der Waals surface area contributed by atoms with E-state index in [1.807, 2.05) is 6.08 Å². The normalized spacial score (nSPS) is 10.7. The second-order valence-electron chi connectivity index (χ2n) is 5.47. The summed E-state index contributed by atoms with van der Waals surface area (Å²) in [5.41, 5.74) is 2.41. The minimum absolute atomic E-state index is 0.730. The van der Waals surface area contributed by atoms with Crippen LogP contribution in [-0.2, 0) is 11.3 Å². The standard InChI is InChI=1S/C19H30O/c1-3-5-6-7-8-9-10-11-16-20-17-19-14-12-18(4-2)13-15-19/h4,12-15H,2-3,5-11,16-17H2,1H3. The molecule has 1 aromatic rings. The maximum absolute atomic E-state index is 5.71. The van der Waals surface area contributed by atoms with Crippen LogP contribution in [0, 0.1) is 0 Å². The SMILES string of the molecule is C=Cc1ccc(COCCCCCCCCCC)cc1. The van der Waals surface area contributed by atoms with E-state index in [2.05, 4.69) is 37.8 Å². The summed E-state index contributed by atoms with van der Waals surface area (Å²) in [4.78, 5) is 0. The van der Waals surface area contributed by atoms with Crippen molar-refractivity contribution in [2.24, 2.45) is 0 Å². The Balaban J connectivity index is 1.92. The van der Waals surface area contributed by atoms with Crippen LogP contribution in [0.1, 0.15) is 69.4 Å². The minimum Gasteiger partial charge on any atom is -0.377 e. The number of ether oxygens (including phenoxy) is 1. The van der Waals surface area contributed by atoms with Crippen molar-refractivity contribution in [3.8, 4) is 0 Å². The van der Waals surface area contributed by atoms with Crippen molar-refractivity contribution in [1.29, 1.82) is 0 Å². The molecule has 0 saturated carbocycles. The number of rotatable bonds is 12. The Morgan fingerprint density at radius 2 is 1.50 bits per heavy atom. The molecule has 0 amide bonds. The van der Waals surface area contributed by atoms with Crippen molar-refractivity contribution < 1.29 is 4.74 Å². The molecule has 0 heterocycles.